The van der Waals surface area contributed by atoms with Gasteiger partial charge < -0.3 is 33.9 Å². The van der Waals surface area contributed by atoms with Crippen LogP contribution in [0, 0.1) is 0 Å². The molecular formula is C25H32BrNO10. The number of nitrogens with zero attached hydrogens (tertiary/aromatic N) is 1. The Kier molecular flexibility index (Phi) is 11.2. The van der Waals surface area contributed by atoms with Crippen LogP contribution in [0.2, 0.25) is 0 Å². The zero-order valence-electron chi connectivity index (χ0n) is 20.5. The van der Waals surface area contributed by atoms with E-state index in [1.54, 1.807) is 0 Å². The van der Waals surface area contributed by atoms with Gasteiger partial charge in [0.15, 0.2) is 23.8 Å². The molecule has 2 aliphatic heterocycles. The third-order valence-electron chi connectivity index (χ3n) is 5.94. The Hall–Kier alpha value is -2.19. The van der Waals surface area contributed by atoms with Crippen LogP contribution in [0.3, 0.4) is 0 Å². The Morgan fingerprint density at radius 3 is 2.57 bits per heavy atom. The van der Waals surface area contributed by atoms with Crippen LogP contribution in [-0.2, 0) is 39.7 Å². The molecule has 2 aliphatic rings. The summed E-state index contributed by atoms with van der Waals surface area (Å²) in [6.45, 7) is 1.08. The summed E-state index contributed by atoms with van der Waals surface area (Å²) in [6, 6.07) is 8.74. The molecule has 1 aromatic carbocycles. The van der Waals surface area contributed by atoms with Gasteiger partial charge in [0.1, 0.15) is 6.61 Å². The first kappa shape index (κ1) is 29.4. The van der Waals surface area contributed by atoms with E-state index in [4.69, 9.17) is 28.8 Å². The molecule has 37 heavy (non-hydrogen) atoms. The molecule has 0 bridgehead atoms. The Morgan fingerprint density at radius 1 is 1.19 bits per heavy atom. The average Bonchev–Trinajstić information content (AvgIpc) is 3.24. The maximum absolute atomic E-state index is 13.4. The van der Waals surface area contributed by atoms with Crippen LogP contribution in [0.5, 0.6) is 0 Å². The van der Waals surface area contributed by atoms with Crippen molar-refractivity contribution >= 4 is 33.7 Å². The van der Waals surface area contributed by atoms with Gasteiger partial charge in [0.2, 0.25) is 0 Å². The second kappa shape index (κ2) is 14.1. The fourth-order valence-electron chi connectivity index (χ4n) is 4.09. The number of hydrogen-bond donors (Lipinski definition) is 2. The normalized spacial score (nSPS) is 24.6. The molecule has 204 valence electrons. The molecule has 0 aromatic heterocycles. The van der Waals surface area contributed by atoms with E-state index in [1.807, 2.05) is 30.3 Å². The fraction of sp³-hybridized carbons (Fsp3) is 0.560. The molecule has 2 N–H and O–H groups in total. The largest absolute Gasteiger partial charge is 0.447 e. The SMILES string of the molecule is CO[C@H](C(=O)N1C(=O)OC[C@@H]1Cc1ccccc1)[C@H]1O[C@](O)(CCCOCCOCCO)C(Br)=CC1=O. The molecule has 1 fully saturated rings. The first-order valence-corrected chi connectivity index (χ1v) is 12.7. The van der Waals surface area contributed by atoms with E-state index in [9.17, 15) is 19.5 Å². The van der Waals surface area contributed by atoms with Gasteiger partial charge in [0.05, 0.1) is 37.0 Å². The van der Waals surface area contributed by atoms with Crippen LogP contribution >= 0.6 is 15.9 Å². The van der Waals surface area contributed by atoms with Crippen LogP contribution < -0.4 is 0 Å². The second-order valence-electron chi connectivity index (χ2n) is 8.55. The number of imide groups is 1. The van der Waals surface area contributed by atoms with Crippen molar-refractivity contribution < 1.29 is 48.3 Å². The summed E-state index contributed by atoms with van der Waals surface area (Å²) < 4.78 is 26.9. The standard InChI is InChI=1S/C25H32BrNO10/c1-33-22(23(30)27-18(16-36-24(27)31)14-17-6-3-2-4-7-17)21-19(29)15-20(26)25(32,37-21)8-5-10-34-12-13-35-11-9-28/h2-4,6-7,15,18,21-22,28,32H,5,8-14,16H2,1H3/t18-,21-,22-,25+/m0/s1. The van der Waals surface area contributed by atoms with E-state index in [-0.39, 0.29) is 37.3 Å². The fourth-order valence-corrected chi connectivity index (χ4v) is 4.61. The van der Waals surface area contributed by atoms with E-state index >= 15 is 0 Å². The number of halogens is 1. The summed E-state index contributed by atoms with van der Waals surface area (Å²) in [5, 5.41) is 19.8. The van der Waals surface area contributed by atoms with E-state index in [1.165, 1.54) is 7.11 Å². The highest BCUT2D eigenvalue weighted by molar-refractivity contribution is 9.11. The summed E-state index contributed by atoms with van der Waals surface area (Å²) in [7, 11) is 1.23. The number of rotatable bonds is 14. The number of aliphatic hydroxyl groups excluding tert-OH is 1. The smallest absolute Gasteiger partial charge is 0.417 e. The van der Waals surface area contributed by atoms with Gasteiger partial charge in [-0.2, -0.15) is 0 Å². The van der Waals surface area contributed by atoms with E-state index in [2.05, 4.69) is 15.9 Å². The van der Waals surface area contributed by atoms with Crippen molar-refractivity contribution in [1.29, 1.82) is 0 Å². The minimum absolute atomic E-state index is 0.00972. The summed E-state index contributed by atoms with van der Waals surface area (Å²) >= 11 is 3.19. The predicted octanol–water partition coefficient (Wildman–Crippen LogP) is 1.33. The number of aliphatic hydroxyl groups is 2. The van der Waals surface area contributed by atoms with Crippen LogP contribution in [0.25, 0.3) is 0 Å². The zero-order valence-corrected chi connectivity index (χ0v) is 22.1. The average molecular weight is 586 g/mol. The number of ketones is 1. The molecule has 1 saturated heterocycles. The minimum atomic E-state index is -1.90. The minimum Gasteiger partial charge on any atom is -0.447 e. The van der Waals surface area contributed by atoms with Gasteiger partial charge in [-0.1, -0.05) is 30.3 Å². The first-order valence-electron chi connectivity index (χ1n) is 12.0. The van der Waals surface area contributed by atoms with Gasteiger partial charge in [-0.05, 0) is 40.4 Å². The highest BCUT2D eigenvalue weighted by Crippen LogP contribution is 2.36. The topological polar surface area (TPSA) is 141 Å². The molecule has 4 atom stereocenters. The molecule has 3 rings (SSSR count). The lowest BCUT2D eigenvalue weighted by Crippen LogP contribution is -2.56. The first-order chi connectivity index (χ1) is 17.8. The number of ether oxygens (including phenoxy) is 5. The lowest BCUT2D eigenvalue weighted by Gasteiger charge is -2.38. The van der Waals surface area contributed by atoms with Gasteiger partial charge in [-0.15, -0.1) is 0 Å². The maximum Gasteiger partial charge on any atom is 0.417 e. The van der Waals surface area contributed by atoms with Gasteiger partial charge in [0.25, 0.3) is 5.91 Å². The molecule has 0 saturated carbocycles. The third kappa shape index (κ3) is 7.66. The Bertz CT molecular complexity index is 958. The molecule has 0 spiro atoms. The molecule has 0 unspecified atom stereocenters. The molecule has 1 aromatic rings. The van der Waals surface area contributed by atoms with Crippen molar-refractivity contribution in [3.63, 3.8) is 0 Å². The Balaban J connectivity index is 1.64. The molecule has 0 aliphatic carbocycles. The molecule has 0 radical (unpaired) electrons. The number of hydrogen-bond acceptors (Lipinski definition) is 10. The number of benzene rings is 1. The van der Waals surface area contributed by atoms with Gasteiger partial charge >= 0.3 is 6.09 Å². The summed E-state index contributed by atoms with van der Waals surface area (Å²) in [5.41, 5.74) is 0.908. The molecular weight excluding hydrogens is 554 g/mol. The molecule has 2 amide bonds. The predicted molar refractivity (Wildman–Crippen MR) is 133 cm³/mol. The second-order valence-corrected chi connectivity index (χ2v) is 9.41. The van der Waals surface area contributed by atoms with Crippen LogP contribution in [0.15, 0.2) is 40.9 Å². The van der Waals surface area contributed by atoms with Crippen molar-refractivity contribution in [3.8, 4) is 0 Å². The summed E-state index contributed by atoms with van der Waals surface area (Å²) in [6.07, 6.45) is -1.86. The van der Waals surface area contributed by atoms with Crippen molar-refractivity contribution in [1.82, 2.24) is 4.90 Å². The monoisotopic (exact) mass is 585 g/mol. The van der Waals surface area contributed by atoms with Crippen LogP contribution in [0.1, 0.15) is 18.4 Å². The van der Waals surface area contributed by atoms with E-state index < -0.39 is 41.8 Å². The lowest BCUT2D eigenvalue weighted by molar-refractivity contribution is -0.227. The highest BCUT2D eigenvalue weighted by Gasteiger charge is 2.50. The van der Waals surface area contributed by atoms with Crippen LogP contribution in [0.4, 0.5) is 4.79 Å². The third-order valence-corrected chi connectivity index (χ3v) is 6.79. The van der Waals surface area contributed by atoms with Crippen molar-refractivity contribution in [3.05, 3.63) is 46.5 Å². The zero-order chi connectivity index (χ0) is 26.8. The van der Waals surface area contributed by atoms with E-state index in [0.29, 0.717) is 26.1 Å². The number of methoxy groups -OCH3 is 1. The Labute approximate surface area is 223 Å². The molecule has 2 heterocycles. The van der Waals surface area contributed by atoms with Gasteiger partial charge in [-0.3, -0.25) is 9.59 Å². The van der Waals surface area contributed by atoms with Crippen molar-refractivity contribution in [2.45, 2.75) is 43.3 Å². The molecule has 11 nitrogen and oxygen atoms in total. The lowest BCUT2D eigenvalue weighted by atomic mass is 9.99. The van der Waals surface area contributed by atoms with E-state index in [0.717, 1.165) is 16.5 Å². The quantitative estimate of drug-likeness (QED) is 0.307. The van der Waals surface area contributed by atoms with Crippen molar-refractivity contribution in [2.24, 2.45) is 0 Å². The van der Waals surface area contributed by atoms with Gasteiger partial charge in [-0.25, -0.2) is 9.69 Å². The van der Waals surface area contributed by atoms with Crippen molar-refractivity contribution in [2.75, 3.05) is 46.8 Å². The number of amides is 2. The summed E-state index contributed by atoms with van der Waals surface area (Å²) in [5.74, 6) is -3.29. The van der Waals surface area contributed by atoms with Crippen LogP contribution in [-0.4, -0.2) is 104 Å². The van der Waals surface area contributed by atoms with Gasteiger partial charge in [0, 0.05) is 20.1 Å². The maximum atomic E-state index is 13.4. The molecule has 12 heteroatoms. The Morgan fingerprint density at radius 2 is 1.89 bits per heavy atom. The highest BCUT2D eigenvalue weighted by atomic mass is 79.9. The number of carbonyl (C=O) groups is 3. The number of carbonyl (C=O) groups excluding carboxylic acids is 3. The summed E-state index contributed by atoms with van der Waals surface area (Å²) in [4.78, 5) is 39.7. The number of cyclic esters (lactones) is 1.